The van der Waals surface area contributed by atoms with Gasteiger partial charge in [0.15, 0.2) is 5.75 Å². The third kappa shape index (κ3) is 8.20. The number of nitrogens with one attached hydrogen (secondary N) is 1. The molecule has 0 aliphatic carbocycles. The van der Waals surface area contributed by atoms with Crippen molar-refractivity contribution in [1.29, 1.82) is 0 Å². The molecule has 1 amide bonds. The molecule has 0 saturated carbocycles. The monoisotopic (exact) mass is 436 g/mol. The Morgan fingerprint density at radius 1 is 1.00 bits per heavy atom. The number of halogens is 1. The standard InChI is InChI=1S/C22H29ClN2O5/c1-4-29-18-6-8-19(9-7-18)30-21-10-5-17(23)15-20(21)24-22(26)16-25(11-13-27-2)12-14-28-3/h5-10,15H,4,11-14,16H2,1-3H3,(H,24,26). The van der Waals surface area contributed by atoms with Gasteiger partial charge < -0.3 is 24.3 Å². The van der Waals surface area contributed by atoms with Crippen LogP contribution in [0.15, 0.2) is 42.5 Å². The van der Waals surface area contributed by atoms with Crippen LogP contribution in [0.1, 0.15) is 6.92 Å². The van der Waals surface area contributed by atoms with E-state index in [2.05, 4.69) is 5.32 Å². The summed E-state index contributed by atoms with van der Waals surface area (Å²) < 4.78 is 21.6. The molecule has 0 aromatic heterocycles. The zero-order valence-electron chi connectivity index (χ0n) is 17.7. The Labute approximate surface area is 182 Å². The zero-order valence-corrected chi connectivity index (χ0v) is 18.4. The number of rotatable bonds is 13. The fourth-order valence-electron chi connectivity index (χ4n) is 2.69. The quantitative estimate of drug-likeness (QED) is 0.510. The van der Waals surface area contributed by atoms with Gasteiger partial charge in [-0.15, -0.1) is 0 Å². The van der Waals surface area contributed by atoms with E-state index in [0.717, 1.165) is 5.75 Å². The van der Waals surface area contributed by atoms with Crippen molar-refractivity contribution in [3.05, 3.63) is 47.5 Å². The van der Waals surface area contributed by atoms with Crippen molar-refractivity contribution < 1.29 is 23.7 Å². The molecule has 2 rings (SSSR count). The molecule has 0 unspecified atom stereocenters. The van der Waals surface area contributed by atoms with Gasteiger partial charge in [0.2, 0.25) is 5.91 Å². The van der Waals surface area contributed by atoms with E-state index in [0.29, 0.717) is 55.1 Å². The maximum Gasteiger partial charge on any atom is 0.238 e. The highest BCUT2D eigenvalue weighted by atomic mass is 35.5. The molecule has 164 valence electrons. The molecular formula is C22H29ClN2O5. The molecule has 0 radical (unpaired) electrons. The van der Waals surface area contributed by atoms with Gasteiger partial charge in [0, 0.05) is 32.3 Å². The van der Waals surface area contributed by atoms with Crippen LogP contribution in [0.5, 0.6) is 17.2 Å². The van der Waals surface area contributed by atoms with Crippen molar-refractivity contribution >= 4 is 23.2 Å². The van der Waals surface area contributed by atoms with E-state index in [1.165, 1.54) is 0 Å². The van der Waals surface area contributed by atoms with Gasteiger partial charge in [-0.25, -0.2) is 0 Å². The summed E-state index contributed by atoms with van der Waals surface area (Å²) in [5.41, 5.74) is 0.500. The maximum absolute atomic E-state index is 12.6. The number of benzene rings is 2. The molecule has 0 spiro atoms. The van der Waals surface area contributed by atoms with E-state index in [1.807, 2.05) is 36.1 Å². The molecule has 0 fully saturated rings. The largest absolute Gasteiger partial charge is 0.494 e. The van der Waals surface area contributed by atoms with Crippen LogP contribution in [0.4, 0.5) is 5.69 Å². The van der Waals surface area contributed by atoms with Crippen LogP contribution in [0.25, 0.3) is 0 Å². The van der Waals surface area contributed by atoms with Crippen LogP contribution in [-0.2, 0) is 14.3 Å². The summed E-state index contributed by atoms with van der Waals surface area (Å²) in [5, 5.41) is 3.39. The van der Waals surface area contributed by atoms with E-state index >= 15 is 0 Å². The second-order valence-electron chi connectivity index (χ2n) is 6.46. The number of carbonyl (C=O) groups excluding carboxylic acids is 1. The van der Waals surface area contributed by atoms with Gasteiger partial charge in [-0.3, -0.25) is 9.69 Å². The molecule has 0 saturated heterocycles. The number of hydrogen-bond donors (Lipinski definition) is 1. The normalized spacial score (nSPS) is 10.8. The summed E-state index contributed by atoms with van der Waals surface area (Å²) in [7, 11) is 3.26. The molecule has 0 aliphatic rings. The van der Waals surface area contributed by atoms with E-state index < -0.39 is 0 Å². The third-order valence-corrected chi connectivity index (χ3v) is 4.40. The van der Waals surface area contributed by atoms with Crippen molar-refractivity contribution in [2.75, 3.05) is 59.0 Å². The van der Waals surface area contributed by atoms with Crippen LogP contribution in [0, 0.1) is 0 Å². The average Bonchev–Trinajstić information content (AvgIpc) is 2.73. The van der Waals surface area contributed by atoms with Gasteiger partial charge in [0.25, 0.3) is 0 Å². The van der Waals surface area contributed by atoms with Crippen LogP contribution >= 0.6 is 11.6 Å². The average molecular weight is 437 g/mol. The zero-order chi connectivity index (χ0) is 21.8. The molecule has 0 aliphatic heterocycles. The number of methoxy groups -OCH3 is 2. The van der Waals surface area contributed by atoms with E-state index in [-0.39, 0.29) is 12.5 Å². The first-order valence-electron chi connectivity index (χ1n) is 9.76. The highest BCUT2D eigenvalue weighted by molar-refractivity contribution is 6.31. The minimum atomic E-state index is -0.180. The predicted octanol–water partition coefficient (Wildman–Crippen LogP) is 4.06. The summed E-state index contributed by atoms with van der Waals surface area (Å²) in [4.78, 5) is 14.6. The van der Waals surface area contributed by atoms with Crippen molar-refractivity contribution in [3.63, 3.8) is 0 Å². The summed E-state index contributed by atoms with van der Waals surface area (Å²) >= 11 is 6.13. The Balaban J connectivity index is 2.06. The summed E-state index contributed by atoms with van der Waals surface area (Å²) in [6.45, 7) is 5.02. The van der Waals surface area contributed by atoms with Crippen molar-refractivity contribution in [2.24, 2.45) is 0 Å². The van der Waals surface area contributed by atoms with Crippen LogP contribution in [0.2, 0.25) is 5.02 Å². The topological polar surface area (TPSA) is 69.3 Å². The summed E-state index contributed by atoms with van der Waals surface area (Å²) in [6, 6.07) is 12.4. The Kier molecular flexibility index (Phi) is 10.4. The van der Waals surface area contributed by atoms with Gasteiger partial charge in [-0.2, -0.15) is 0 Å². The minimum Gasteiger partial charge on any atom is -0.494 e. The van der Waals surface area contributed by atoms with Crippen molar-refractivity contribution in [2.45, 2.75) is 6.92 Å². The molecule has 2 aromatic carbocycles. The first-order valence-corrected chi connectivity index (χ1v) is 10.1. The highest BCUT2D eigenvalue weighted by Gasteiger charge is 2.14. The molecule has 0 bridgehead atoms. The fourth-order valence-corrected chi connectivity index (χ4v) is 2.86. The summed E-state index contributed by atoms with van der Waals surface area (Å²) in [6.07, 6.45) is 0. The minimum absolute atomic E-state index is 0.180. The van der Waals surface area contributed by atoms with Gasteiger partial charge in [0.1, 0.15) is 11.5 Å². The smallest absolute Gasteiger partial charge is 0.238 e. The predicted molar refractivity (Wildman–Crippen MR) is 118 cm³/mol. The molecule has 30 heavy (non-hydrogen) atoms. The Bertz CT molecular complexity index is 778. The first kappa shape index (κ1) is 24.0. The Morgan fingerprint density at radius 2 is 1.63 bits per heavy atom. The SMILES string of the molecule is CCOc1ccc(Oc2ccc(Cl)cc2NC(=O)CN(CCOC)CCOC)cc1. The lowest BCUT2D eigenvalue weighted by atomic mass is 10.2. The number of anilines is 1. The van der Waals surface area contributed by atoms with Gasteiger partial charge in [-0.1, -0.05) is 11.6 Å². The fraction of sp³-hybridized carbons (Fsp3) is 0.409. The van der Waals surface area contributed by atoms with Gasteiger partial charge in [0.05, 0.1) is 32.1 Å². The Morgan fingerprint density at radius 3 is 2.23 bits per heavy atom. The van der Waals surface area contributed by atoms with Crippen molar-refractivity contribution in [1.82, 2.24) is 4.90 Å². The lowest BCUT2D eigenvalue weighted by Gasteiger charge is -2.21. The molecular weight excluding hydrogens is 408 g/mol. The number of amides is 1. The number of nitrogens with zero attached hydrogens (tertiary/aromatic N) is 1. The highest BCUT2D eigenvalue weighted by Crippen LogP contribution is 2.32. The molecule has 1 N–H and O–H groups in total. The second kappa shape index (κ2) is 13.1. The van der Waals surface area contributed by atoms with Gasteiger partial charge >= 0.3 is 0 Å². The van der Waals surface area contributed by atoms with E-state index in [4.69, 9.17) is 30.5 Å². The van der Waals surface area contributed by atoms with E-state index in [1.54, 1.807) is 32.4 Å². The lowest BCUT2D eigenvalue weighted by Crippen LogP contribution is -2.37. The second-order valence-corrected chi connectivity index (χ2v) is 6.89. The van der Waals surface area contributed by atoms with E-state index in [9.17, 15) is 4.79 Å². The molecule has 0 heterocycles. The third-order valence-electron chi connectivity index (χ3n) is 4.17. The van der Waals surface area contributed by atoms with Gasteiger partial charge in [-0.05, 0) is 49.4 Å². The van der Waals surface area contributed by atoms with Crippen LogP contribution < -0.4 is 14.8 Å². The summed E-state index contributed by atoms with van der Waals surface area (Å²) in [5.74, 6) is 1.71. The molecule has 7 nitrogen and oxygen atoms in total. The number of ether oxygens (including phenoxy) is 4. The van der Waals surface area contributed by atoms with Crippen LogP contribution in [0.3, 0.4) is 0 Å². The number of carbonyl (C=O) groups is 1. The van der Waals surface area contributed by atoms with Crippen LogP contribution in [-0.4, -0.2) is 64.5 Å². The van der Waals surface area contributed by atoms with Crippen molar-refractivity contribution in [3.8, 4) is 17.2 Å². The number of hydrogen-bond acceptors (Lipinski definition) is 6. The Hall–Kier alpha value is -2.32. The lowest BCUT2D eigenvalue weighted by molar-refractivity contribution is -0.117. The molecule has 0 atom stereocenters. The first-order chi connectivity index (χ1) is 14.5. The molecule has 2 aromatic rings. The maximum atomic E-state index is 12.6. The molecule has 8 heteroatoms.